The molecular formula is C19H18ClN3O2. The van der Waals surface area contributed by atoms with Crippen LogP contribution in [0, 0.1) is 20.8 Å². The van der Waals surface area contributed by atoms with Gasteiger partial charge in [-0.05, 0) is 61.7 Å². The number of carbonyl (C=O) groups is 1. The molecule has 0 saturated heterocycles. The maximum Gasteiger partial charge on any atom is 0.282 e. The normalized spacial score (nSPS) is 10.9. The molecule has 2 aromatic carbocycles. The Morgan fingerprint density at radius 2 is 1.76 bits per heavy atom. The van der Waals surface area contributed by atoms with Gasteiger partial charge in [0.25, 0.3) is 11.5 Å². The zero-order valence-electron chi connectivity index (χ0n) is 14.5. The molecule has 0 aliphatic rings. The van der Waals surface area contributed by atoms with Gasteiger partial charge < -0.3 is 9.88 Å². The lowest BCUT2D eigenvalue weighted by atomic mass is 10.1. The van der Waals surface area contributed by atoms with Gasteiger partial charge in [-0.3, -0.25) is 9.59 Å². The molecule has 0 bridgehead atoms. The predicted molar refractivity (Wildman–Crippen MR) is 101 cm³/mol. The summed E-state index contributed by atoms with van der Waals surface area (Å²) in [5, 5.41) is 3.23. The molecule has 0 radical (unpaired) electrons. The number of fused-ring (bicyclic) bond motifs is 1. The molecule has 1 heterocycles. The minimum Gasteiger partial charge on any atom is -0.320 e. The van der Waals surface area contributed by atoms with Gasteiger partial charge in [0.1, 0.15) is 0 Å². The lowest BCUT2D eigenvalue weighted by Gasteiger charge is -2.11. The molecule has 0 aliphatic carbocycles. The van der Waals surface area contributed by atoms with Crippen LogP contribution in [0.4, 0.5) is 5.69 Å². The van der Waals surface area contributed by atoms with Crippen LogP contribution >= 0.6 is 11.6 Å². The number of halogens is 1. The highest BCUT2D eigenvalue weighted by atomic mass is 35.5. The van der Waals surface area contributed by atoms with E-state index in [1.165, 1.54) is 4.57 Å². The Hall–Kier alpha value is -2.66. The van der Waals surface area contributed by atoms with Crippen LogP contribution in [0.5, 0.6) is 0 Å². The third-order valence-corrected chi connectivity index (χ3v) is 4.59. The van der Waals surface area contributed by atoms with E-state index in [0.29, 0.717) is 21.7 Å². The van der Waals surface area contributed by atoms with Crippen molar-refractivity contribution in [3.63, 3.8) is 0 Å². The summed E-state index contributed by atoms with van der Waals surface area (Å²) in [5.41, 5.74) is 4.25. The number of nitrogens with one attached hydrogen (secondary N) is 1. The highest BCUT2D eigenvalue weighted by Gasteiger charge is 2.17. The first-order chi connectivity index (χ1) is 11.8. The number of aromatic nitrogens is 2. The van der Waals surface area contributed by atoms with E-state index in [1.807, 2.05) is 32.9 Å². The van der Waals surface area contributed by atoms with Crippen molar-refractivity contribution in [2.45, 2.75) is 20.8 Å². The van der Waals surface area contributed by atoms with E-state index in [0.717, 1.165) is 16.7 Å². The minimum atomic E-state index is -0.550. The molecular weight excluding hydrogens is 338 g/mol. The van der Waals surface area contributed by atoms with Gasteiger partial charge in [0.2, 0.25) is 0 Å². The van der Waals surface area contributed by atoms with Crippen molar-refractivity contribution in [3.05, 3.63) is 68.1 Å². The fourth-order valence-corrected chi connectivity index (χ4v) is 2.81. The molecule has 128 valence electrons. The van der Waals surface area contributed by atoms with Crippen LogP contribution in [-0.2, 0) is 7.05 Å². The van der Waals surface area contributed by atoms with E-state index in [1.54, 1.807) is 25.2 Å². The average Bonchev–Trinajstić information content (AvgIpc) is 2.56. The zero-order chi connectivity index (χ0) is 18.3. The minimum absolute atomic E-state index is 0.141. The summed E-state index contributed by atoms with van der Waals surface area (Å²) < 4.78 is 1.45. The highest BCUT2D eigenvalue weighted by molar-refractivity contribution is 6.31. The van der Waals surface area contributed by atoms with Crippen LogP contribution in [0.15, 0.2) is 35.1 Å². The monoisotopic (exact) mass is 355 g/mol. The van der Waals surface area contributed by atoms with E-state index in [9.17, 15) is 9.59 Å². The molecule has 0 atom stereocenters. The van der Waals surface area contributed by atoms with Crippen LogP contribution in [-0.4, -0.2) is 15.5 Å². The average molecular weight is 356 g/mol. The lowest BCUT2D eigenvalue weighted by Crippen LogP contribution is -2.30. The fourth-order valence-electron chi connectivity index (χ4n) is 2.64. The summed E-state index contributed by atoms with van der Waals surface area (Å²) in [4.78, 5) is 29.5. The molecule has 0 aliphatic heterocycles. The maximum absolute atomic E-state index is 12.6. The van der Waals surface area contributed by atoms with E-state index in [4.69, 9.17) is 11.6 Å². The van der Waals surface area contributed by atoms with Crippen molar-refractivity contribution < 1.29 is 4.79 Å². The number of amides is 1. The number of rotatable bonds is 2. The van der Waals surface area contributed by atoms with E-state index in [-0.39, 0.29) is 5.69 Å². The Morgan fingerprint density at radius 1 is 1.08 bits per heavy atom. The molecule has 0 unspecified atom stereocenters. The molecule has 1 N–H and O–H groups in total. The first kappa shape index (κ1) is 17.2. The first-order valence-electron chi connectivity index (χ1n) is 7.83. The van der Waals surface area contributed by atoms with Crippen molar-refractivity contribution >= 4 is 34.2 Å². The van der Waals surface area contributed by atoms with Gasteiger partial charge in [-0.15, -0.1) is 0 Å². The van der Waals surface area contributed by atoms with Crippen LogP contribution in [0.1, 0.15) is 27.2 Å². The number of carbonyl (C=O) groups excluding carboxylic acids is 1. The van der Waals surface area contributed by atoms with Gasteiger partial charge in [-0.1, -0.05) is 17.7 Å². The Bertz CT molecular complexity index is 1070. The van der Waals surface area contributed by atoms with Crippen LogP contribution in [0.3, 0.4) is 0 Å². The fraction of sp³-hybridized carbons (Fsp3) is 0.211. The molecule has 3 aromatic rings. The number of hydrogen-bond acceptors (Lipinski definition) is 3. The molecule has 0 spiro atoms. The number of nitrogens with zero attached hydrogens (tertiary/aromatic N) is 2. The maximum atomic E-state index is 12.6. The highest BCUT2D eigenvalue weighted by Crippen LogP contribution is 2.21. The summed E-state index contributed by atoms with van der Waals surface area (Å²) in [5.74, 6) is -0.550. The molecule has 25 heavy (non-hydrogen) atoms. The van der Waals surface area contributed by atoms with Crippen molar-refractivity contribution in [1.82, 2.24) is 9.55 Å². The summed E-state index contributed by atoms with van der Waals surface area (Å²) in [7, 11) is 1.64. The van der Waals surface area contributed by atoms with Crippen LogP contribution in [0.25, 0.3) is 11.0 Å². The molecule has 5 nitrogen and oxygen atoms in total. The van der Waals surface area contributed by atoms with Gasteiger partial charge in [-0.2, -0.15) is 0 Å². The summed E-state index contributed by atoms with van der Waals surface area (Å²) in [6.07, 6.45) is 0. The molecule has 6 heteroatoms. The molecule has 1 amide bonds. The lowest BCUT2D eigenvalue weighted by molar-refractivity contribution is 0.102. The van der Waals surface area contributed by atoms with Crippen LogP contribution in [0.2, 0.25) is 5.02 Å². The third-order valence-electron chi connectivity index (χ3n) is 4.35. The second kappa shape index (κ2) is 6.33. The van der Waals surface area contributed by atoms with E-state index < -0.39 is 11.5 Å². The van der Waals surface area contributed by atoms with Gasteiger partial charge in [0, 0.05) is 17.8 Å². The summed E-state index contributed by atoms with van der Waals surface area (Å²) in [6.45, 7) is 5.79. The van der Waals surface area contributed by atoms with Crippen molar-refractivity contribution in [2.24, 2.45) is 7.05 Å². The standard InChI is InChI=1S/C19H18ClN3O2/c1-10-5-6-13(20)9-14(10)22-18(24)17-19(25)23(4)16-8-12(3)11(2)7-15(16)21-17/h5-9H,1-4H3,(H,22,24). The van der Waals surface area contributed by atoms with Crippen molar-refractivity contribution in [1.29, 1.82) is 0 Å². The Balaban J connectivity index is 2.10. The Kier molecular flexibility index (Phi) is 4.35. The van der Waals surface area contributed by atoms with Gasteiger partial charge in [0.15, 0.2) is 5.69 Å². The topological polar surface area (TPSA) is 64.0 Å². The van der Waals surface area contributed by atoms with Gasteiger partial charge >= 0.3 is 0 Å². The SMILES string of the molecule is Cc1cc2nc(C(=O)Nc3cc(Cl)ccc3C)c(=O)n(C)c2cc1C. The smallest absolute Gasteiger partial charge is 0.282 e. The second-order valence-corrected chi connectivity index (χ2v) is 6.60. The summed E-state index contributed by atoms with van der Waals surface area (Å²) >= 11 is 5.98. The Morgan fingerprint density at radius 3 is 2.48 bits per heavy atom. The molecule has 0 fully saturated rings. The summed E-state index contributed by atoms with van der Waals surface area (Å²) in [6, 6.07) is 8.97. The largest absolute Gasteiger partial charge is 0.320 e. The van der Waals surface area contributed by atoms with E-state index >= 15 is 0 Å². The van der Waals surface area contributed by atoms with Crippen molar-refractivity contribution in [3.8, 4) is 0 Å². The quantitative estimate of drug-likeness (QED) is 0.761. The second-order valence-electron chi connectivity index (χ2n) is 6.16. The number of anilines is 1. The van der Waals surface area contributed by atoms with Crippen LogP contribution < -0.4 is 10.9 Å². The molecule has 0 saturated carbocycles. The number of aryl methyl sites for hydroxylation is 4. The van der Waals surface area contributed by atoms with E-state index in [2.05, 4.69) is 10.3 Å². The first-order valence-corrected chi connectivity index (χ1v) is 8.21. The number of hydrogen-bond donors (Lipinski definition) is 1. The molecule has 3 rings (SSSR count). The van der Waals surface area contributed by atoms with Crippen molar-refractivity contribution in [2.75, 3.05) is 5.32 Å². The Labute approximate surface area is 150 Å². The van der Waals surface area contributed by atoms with Gasteiger partial charge in [0.05, 0.1) is 11.0 Å². The number of benzene rings is 2. The van der Waals surface area contributed by atoms with Gasteiger partial charge in [-0.25, -0.2) is 4.98 Å². The predicted octanol–water partition coefficient (Wildman–Crippen LogP) is 3.76. The third kappa shape index (κ3) is 3.15. The zero-order valence-corrected chi connectivity index (χ0v) is 15.2. The molecule has 1 aromatic heterocycles.